The highest BCUT2D eigenvalue weighted by Gasteiger charge is 2.11. The lowest BCUT2D eigenvalue weighted by atomic mass is 10.1. The van der Waals surface area contributed by atoms with Crippen molar-refractivity contribution in [3.8, 4) is 0 Å². The number of nitrogens with zero attached hydrogens (tertiary/aromatic N) is 2. The van der Waals surface area contributed by atoms with Crippen LogP contribution in [0.4, 0.5) is 10.2 Å². The topological polar surface area (TPSA) is 46.9 Å². The van der Waals surface area contributed by atoms with Crippen LogP contribution in [0.25, 0.3) is 0 Å². The number of hydrogen-bond acceptors (Lipinski definition) is 2. The Bertz CT molecular complexity index is 632. The van der Waals surface area contributed by atoms with Crippen LogP contribution in [0, 0.1) is 11.7 Å². The number of rotatable bonds is 6. The predicted molar refractivity (Wildman–Crippen MR) is 85.2 cm³/mol. The van der Waals surface area contributed by atoms with Gasteiger partial charge in [-0.15, -0.1) is 0 Å². The minimum absolute atomic E-state index is 0.00191. The maximum absolute atomic E-state index is 12.9. The Labute approximate surface area is 130 Å². The molecule has 2 aromatic rings. The van der Waals surface area contributed by atoms with Gasteiger partial charge in [0.15, 0.2) is 0 Å². The zero-order valence-corrected chi connectivity index (χ0v) is 13.3. The molecule has 0 unspecified atom stereocenters. The van der Waals surface area contributed by atoms with Gasteiger partial charge in [-0.25, -0.2) is 9.07 Å². The van der Waals surface area contributed by atoms with Gasteiger partial charge in [0.05, 0.1) is 5.69 Å². The molecular formula is C17H22FN3O. The van der Waals surface area contributed by atoms with Gasteiger partial charge in [0.2, 0.25) is 5.91 Å². The molecule has 22 heavy (non-hydrogen) atoms. The Hall–Kier alpha value is -2.17. The van der Waals surface area contributed by atoms with Crippen molar-refractivity contribution < 1.29 is 9.18 Å². The van der Waals surface area contributed by atoms with Crippen LogP contribution >= 0.6 is 0 Å². The third-order valence-electron chi connectivity index (χ3n) is 3.29. The molecule has 0 aliphatic carbocycles. The maximum Gasteiger partial charge on any atom is 0.225 e. The summed E-state index contributed by atoms with van der Waals surface area (Å²) in [6, 6.07) is 8.26. The zero-order chi connectivity index (χ0) is 16.1. The Morgan fingerprint density at radius 2 is 2.00 bits per heavy atom. The van der Waals surface area contributed by atoms with Crippen molar-refractivity contribution in [1.82, 2.24) is 9.78 Å². The lowest BCUT2D eigenvalue weighted by Gasteiger charge is -2.08. The second kappa shape index (κ2) is 7.20. The molecule has 0 fully saturated rings. The van der Waals surface area contributed by atoms with Gasteiger partial charge in [-0.2, -0.15) is 5.10 Å². The first-order chi connectivity index (χ1) is 10.5. The molecule has 1 heterocycles. The lowest BCUT2D eigenvalue weighted by Crippen LogP contribution is -2.16. The smallest absolute Gasteiger partial charge is 0.225 e. The third kappa shape index (κ3) is 4.41. The summed E-state index contributed by atoms with van der Waals surface area (Å²) in [5.74, 6) is 0.782. The van der Waals surface area contributed by atoms with E-state index in [2.05, 4.69) is 10.4 Å². The second-order valence-electron chi connectivity index (χ2n) is 5.79. The van der Waals surface area contributed by atoms with Crippen LogP contribution in [0.3, 0.4) is 0 Å². The van der Waals surface area contributed by atoms with Gasteiger partial charge in [-0.3, -0.25) is 4.79 Å². The number of carbonyl (C=O) groups excluding carboxylic acids is 1. The van der Waals surface area contributed by atoms with E-state index in [4.69, 9.17) is 0 Å². The minimum atomic E-state index is -0.246. The van der Waals surface area contributed by atoms with E-state index in [1.807, 2.05) is 26.8 Å². The third-order valence-corrected chi connectivity index (χ3v) is 3.29. The molecular weight excluding hydrogens is 281 g/mol. The minimum Gasteiger partial charge on any atom is -0.311 e. The largest absolute Gasteiger partial charge is 0.311 e. The fourth-order valence-corrected chi connectivity index (χ4v) is 2.27. The van der Waals surface area contributed by atoms with Crippen LogP contribution < -0.4 is 5.32 Å². The summed E-state index contributed by atoms with van der Waals surface area (Å²) in [5.41, 5.74) is 1.84. The molecule has 118 valence electrons. The summed E-state index contributed by atoms with van der Waals surface area (Å²) in [6.45, 7) is 6.68. The van der Waals surface area contributed by atoms with Crippen molar-refractivity contribution in [2.24, 2.45) is 5.92 Å². The monoisotopic (exact) mass is 303 g/mol. The Morgan fingerprint density at radius 1 is 1.32 bits per heavy atom. The standard InChI is InChI=1S/C17H22FN3O/c1-4-21-16(19-17(22)9-12(2)3)11-15(20-21)10-13-5-7-14(18)8-6-13/h5-8,11-12H,4,9-10H2,1-3H3,(H,19,22). The molecule has 0 spiro atoms. The molecule has 1 N–H and O–H groups in total. The fraction of sp³-hybridized carbons (Fsp3) is 0.412. The van der Waals surface area contributed by atoms with Crippen LogP contribution in [0.15, 0.2) is 30.3 Å². The molecule has 5 heteroatoms. The van der Waals surface area contributed by atoms with Crippen LogP contribution in [-0.4, -0.2) is 15.7 Å². The number of aromatic nitrogens is 2. The van der Waals surface area contributed by atoms with E-state index in [1.54, 1.807) is 16.8 Å². The van der Waals surface area contributed by atoms with Gasteiger partial charge < -0.3 is 5.32 Å². The fourth-order valence-electron chi connectivity index (χ4n) is 2.27. The van der Waals surface area contributed by atoms with Gasteiger partial charge in [0.25, 0.3) is 0 Å². The average molecular weight is 303 g/mol. The normalized spacial score (nSPS) is 11.0. The van der Waals surface area contributed by atoms with Gasteiger partial charge in [-0.1, -0.05) is 26.0 Å². The Kier molecular flexibility index (Phi) is 5.31. The van der Waals surface area contributed by atoms with E-state index in [9.17, 15) is 9.18 Å². The number of carbonyl (C=O) groups is 1. The maximum atomic E-state index is 12.9. The first kappa shape index (κ1) is 16.2. The molecule has 1 aromatic heterocycles. The van der Waals surface area contributed by atoms with Crippen molar-refractivity contribution in [3.05, 3.63) is 47.4 Å². The summed E-state index contributed by atoms with van der Waals surface area (Å²) >= 11 is 0. The summed E-state index contributed by atoms with van der Waals surface area (Å²) < 4.78 is 14.7. The summed E-state index contributed by atoms with van der Waals surface area (Å²) in [6.07, 6.45) is 1.10. The number of hydrogen-bond donors (Lipinski definition) is 1. The van der Waals surface area contributed by atoms with Crippen LogP contribution in [0.2, 0.25) is 0 Å². The van der Waals surface area contributed by atoms with E-state index in [1.165, 1.54) is 12.1 Å². The SMILES string of the molecule is CCn1nc(Cc2ccc(F)cc2)cc1NC(=O)CC(C)C. The van der Waals surface area contributed by atoms with Gasteiger partial charge in [-0.05, 0) is 30.5 Å². The quantitative estimate of drug-likeness (QED) is 0.886. The Morgan fingerprint density at radius 3 is 2.59 bits per heavy atom. The van der Waals surface area contributed by atoms with E-state index in [0.717, 1.165) is 11.3 Å². The van der Waals surface area contributed by atoms with Crippen LogP contribution in [-0.2, 0) is 17.8 Å². The number of anilines is 1. The molecule has 0 saturated carbocycles. The molecule has 0 aliphatic rings. The average Bonchev–Trinajstić information content (AvgIpc) is 2.82. The van der Waals surface area contributed by atoms with E-state index >= 15 is 0 Å². The highest BCUT2D eigenvalue weighted by atomic mass is 19.1. The van der Waals surface area contributed by atoms with E-state index in [0.29, 0.717) is 31.1 Å². The van der Waals surface area contributed by atoms with Crippen LogP contribution in [0.5, 0.6) is 0 Å². The molecule has 1 amide bonds. The highest BCUT2D eigenvalue weighted by Crippen LogP contribution is 2.16. The Balaban J connectivity index is 2.10. The van der Waals surface area contributed by atoms with Crippen molar-refractivity contribution in [1.29, 1.82) is 0 Å². The number of benzene rings is 1. The number of amides is 1. The molecule has 0 radical (unpaired) electrons. The van der Waals surface area contributed by atoms with Gasteiger partial charge >= 0.3 is 0 Å². The van der Waals surface area contributed by atoms with Crippen molar-refractivity contribution in [3.63, 3.8) is 0 Å². The lowest BCUT2D eigenvalue weighted by molar-refractivity contribution is -0.116. The summed E-state index contributed by atoms with van der Waals surface area (Å²) in [4.78, 5) is 11.9. The highest BCUT2D eigenvalue weighted by molar-refractivity contribution is 5.90. The predicted octanol–water partition coefficient (Wildman–Crippen LogP) is 3.62. The first-order valence-electron chi connectivity index (χ1n) is 7.59. The van der Waals surface area contributed by atoms with E-state index in [-0.39, 0.29) is 11.7 Å². The second-order valence-corrected chi connectivity index (χ2v) is 5.79. The van der Waals surface area contributed by atoms with Gasteiger partial charge in [0, 0.05) is 25.5 Å². The van der Waals surface area contributed by atoms with Crippen LogP contribution in [0.1, 0.15) is 38.4 Å². The van der Waals surface area contributed by atoms with Gasteiger partial charge in [0.1, 0.15) is 11.6 Å². The van der Waals surface area contributed by atoms with Crippen molar-refractivity contribution in [2.75, 3.05) is 5.32 Å². The van der Waals surface area contributed by atoms with Crippen molar-refractivity contribution >= 4 is 11.7 Å². The number of aryl methyl sites for hydroxylation is 1. The molecule has 1 aromatic carbocycles. The molecule has 4 nitrogen and oxygen atoms in total. The van der Waals surface area contributed by atoms with Crippen molar-refractivity contribution in [2.45, 2.75) is 40.2 Å². The van der Waals surface area contributed by atoms with E-state index < -0.39 is 0 Å². The molecule has 0 aliphatic heterocycles. The molecule has 2 rings (SSSR count). The molecule has 0 bridgehead atoms. The molecule has 0 saturated heterocycles. The summed E-state index contributed by atoms with van der Waals surface area (Å²) in [5, 5.41) is 7.40. The number of halogens is 1. The summed E-state index contributed by atoms with van der Waals surface area (Å²) in [7, 11) is 0. The first-order valence-corrected chi connectivity index (χ1v) is 7.59. The molecule has 0 atom stereocenters. The number of nitrogens with one attached hydrogen (secondary N) is 1. The zero-order valence-electron chi connectivity index (χ0n) is 13.3.